The molecule has 1 atom stereocenters. The molecule has 4 rings (SSSR count). The summed E-state index contributed by atoms with van der Waals surface area (Å²) in [6, 6.07) is 3.86. The van der Waals surface area contributed by atoms with Crippen LogP contribution in [0.25, 0.3) is 10.7 Å². The Hall–Kier alpha value is -1.72. The quantitative estimate of drug-likeness (QED) is 0.578. The summed E-state index contributed by atoms with van der Waals surface area (Å²) in [7, 11) is -2.89. The molecule has 0 N–H and O–H groups in total. The average Bonchev–Trinajstić information content (AvgIpc) is 3.32. The second kappa shape index (κ2) is 6.89. The van der Waals surface area contributed by atoms with E-state index in [0.29, 0.717) is 41.4 Å². The van der Waals surface area contributed by atoms with Crippen molar-refractivity contribution in [3.8, 4) is 10.7 Å². The topological polar surface area (TPSA) is 112 Å². The SMILES string of the molecule is O=S1(=O)CCC(Cc2nnc(SCc3nc(-c4cccs4)no3)o2)C1. The molecule has 0 spiro atoms. The summed E-state index contributed by atoms with van der Waals surface area (Å²) in [5.74, 6) is 2.46. The van der Waals surface area contributed by atoms with Gasteiger partial charge in [0, 0.05) is 6.42 Å². The number of hydrogen-bond acceptors (Lipinski definition) is 10. The molecule has 1 aliphatic rings. The molecule has 8 nitrogen and oxygen atoms in total. The smallest absolute Gasteiger partial charge is 0.277 e. The van der Waals surface area contributed by atoms with Crippen molar-refractivity contribution in [2.45, 2.75) is 23.8 Å². The summed E-state index contributed by atoms with van der Waals surface area (Å²) in [4.78, 5) is 5.28. The van der Waals surface area contributed by atoms with Crippen molar-refractivity contribution >= 4 is 32.9 Å². The standard InChI is InChI=1S/C14H14N4O4S3/c19-25(20)5-3-9(8-25)6-11-16-17-14(21-11)24-7-12-15-13(18-22-12)10-2-1-4-23-10/h1-2,4,9H,3,5-8H2. The molecule has 25 heavy (non-hydrogen) atoms. The molecule has 4 heterocycles. The maximum absolute atomic E-state index is 11.5. The minimum absolute atomic E-state index is 0.0626. The lowest BCUT2D eigenvalue weighted by Crippen LogP contribution is -2.07. The summed E-state index contributed by atoms with van der Waals surface area (Å²) in [5, 5.41) is 14.3. The average molecular weight is 398 g/mol. The zero-order valence-electron chi connectivity index (χ0n) is 13.0. The highest BCUT2D eigenvalue weighted by molar-refractivity contribution is 7.98. The Morgan fingerprint density at radius 1 is 1.32 bits per heavy atom. The van der Waals surface area contributed by atoms with Crippen molar-refractivity contribution in [3.05, 3.63) is 29.3 Å². The van der Waals surface area contributed by atoms with Gasteiger partial charge in [0.05, 0.1) is 22.1 Å². The normalized spacial score (nSPS) is 19.4. The summed E-state index contributed by atoms with van der Waals surface area (Å²) >= 11 is 2.86. The predicted molar refractivity (Wildman–Crippen MR) is 91.9 cm³/mol. The molecular weight excluding hydrogens is 384 g/mol. The van der Waals surface area contributed by atoms with Crippen LogP contribution in [0.1, 0.15) is 18.2 Å². The van der Waals surface area contributed by atoms with Crippen molar-refractivity contribution in [2.24, 2.45) is 5.92 Å². The molecule has 1 unspecified atom stereocenters. The molecule has 1 aliphatic heterocycles. The lowest BCUT2D eigenvalue weighted by Gasteiger charge is -2.01. The number of rotatable bonds is 6. The van der Waals surface area contributed by atoms with Crippen LogP contribution in [0, 0.1) is 5.92 Å². The van der Waals surface area contributed by atoms with Gasteiger partial charge in [-0.3, -0.25) is 0 Å². The highest BCUT2D eigenvalue weighted by Gasteiger charge is 2.29. The van der Waals surface area contributed by atoms with Gasteiger partial charge in [-0.05, 0) is 23.8 Å². The maximum atomic E-state index is 11.5. The van der Waals surface area contributed by atoms with Crippen LogP contribution in [0.15, 0.2) is 31.7 Å². The van der Waals surface area contributed by atoms with Crippen molar-refractivity contribution in [2.75, 3.05) is 11.5 Å². The fourth-order valence-electron chi connectivity index (χ4n) is 2.60. The van der Waals surface area contributed by atoms with E-state index in [0.717, 1.165) is 4.88 Å². The molecule has 3 aromatic heterocycles. The van der Waals surface area contributed by atoms with E-state index < -0.39 is 9.84 Å². The highest BCUT2D eigenvalue weighted by atomic mass is 32.2. The molecule has 0 amide bonds. The van der Waals surface area contributed by atoms with Crippen LogP contribution in [0.2, 0.25) is 0 Å². The second-order valence-electron chi connectivity index (χ2n) is 5.71. The first-order valence-electron chi connectivity index (χ1n) is 7.59. The summed E-state index contributed by atoms with van der Waals surface area (Å²) < 4.78 is 33.8. The monoisotopic (exact) mass is 398 g/mol. The van der Waals surface area contributed by atoms with Crippen molar-refractivity contribution < 1.29 is 17.4 Å². The van der Waals surface area contributed by atoms with E-state index in [1.807, 2.05) is 17.5 Å². The van der Waals surface area contributed by atoms with Gasteiger partial charge in [0.15, 0.2) is 9.84 Å². The number of sulfone groups is 1. The van der Waals surface area contributed by atoms with Gasteiger partial charge >= 0.3 is 0 Å². The minimum Gasteiger partial charge on any atom is -0.416 e. The number of thiophene rings is 1. The number of aromatic nitrogens is 4. The van der Waals surface area contributed by atoms with E-state index in [4.69, 9.17) is 8.94 Å². The van der Waals surface area contributed by atoms with Crippen LogP contribution in [0.3, 0.4) is 0 Å². The first-order valence-corrected chi connectivity index (χ1v) is 11.3. The Kier molecular flexibility index (Phi) is 4.61. The maximum Gasteiger partial charge on any atom is 0.277 e. The lowest BCUT2D eigenvalue weighted by molar-refractivity contribution is 0.383. The van der Waals surface area contributed by atoms with E-state index in [1.54, 1.807) is 11.3 Å². The summed E-state index contributed by atoms with van der Waals surface area (Å²) in [5.41, 5.74) is 0. The number of hydrogen-bond donors (Lipinski definition) is 0. The first kappa shape index (κ1) is 16.7. The van der Waals surface area contributed by atoms with Gasteiger partial charge in [0.2, 0.25) is 17.6 Å². The van der Waals surface area contributed by atoms with Crippen LogP contribution in [-0.2, 0) is 22.0 Å². The van der Waals surface area contributed by atoms with Crippen LogP contribution in [0.4, 0.5) is 0 Å². The molecule has 11 heteroatoms. The fourth-order valence-corrected chi connectivity index (χ4v) is 5.73. The second-order valence-corrected chi connectivity index (χ2v) is 9.82. The molecule has 0 aliphatic carbocycles. The van der Waals surface area contributed by atoms with Crippen LogP contribution in [-0.4, -0.2) is 40.3 Å². The Morgan fingerprint density at radius 3 is 3.00 bits per heavy atom. The van der Waals surface area contributed by atoms with Gasteiger partial charge in [-0.2, -0.15) is 4.98 Å². The first-order chi connectivity index (χ1) is 12.1. The van der Waals surface area contributed by atoms with E-state index in [-0.39, 0.29) is 17.4 Å². The largest absolute Gasteiger partial charge is 0.416 e. The van der Waals surface area contributed by atoms with Crippen molar-refractivity contribution in [3.63, 3.8) is 0 Å². The molecule has 0 aromatic carbocycles. The van der Waals surface area contributed by atoms with Crippen LogP contribution < -0.4 is 0 Å². The third kappa shape index (κ3) is 4.10. The van der Waals surface area contributed by atoms with Gasteiger partial charge in [-0.15, -0.1) is 21.5 Å². The predicted octanol–water partition coefficient (Wildman–Crippen LogP) is 2.45. The fraction of sp³-hybridized carbons (Fsp3) is 0.429. The Balaban J connectivity index is 1.33. The van der Waals surface area contributed by atoms with E-state index in [2.05, 4.69) is 20.3 Å². The van der Waals surface area contributed by atoms with E-state index >= 15 is 0 Å². The third-order valence-electron chi connectivity index (χ3n) is 3.77. The highest BCUT2D eigenvalue weighted by Crippen LogP contribution is 2.26. The molecular formula is C14H14N4O4S3. The minimum atomic E-state index is -2.89. The van der Waals surface area contributed by atoms with E-state index in [1.165, 1.54) is 11.8 Å². The van der Waals surface area contributed by atoms with Gasteiger partial charge in [0.1, 0.15) is 0 Å². The van der Waals surface area contributed by atoms with Crippen molar-refractivity contribution in [1.82, 2.24) is 20.3 Å². The Labute approximate surface area is 152 Å². The summed E-state index contributed by atoms with van der Waals surface area (Å²) in [6.07, 6.45) is 1.15. The van der Waals surface area contributed by atoms with Gasteiger partial charge < -0.3 is 8.94 Å². The Bertz CT molecular complexity index is 949. The van der Waals surface area contributed by atoms with E-state index in [9.17, 15) is 8.42 Å². The molecule has 1 saturated heterocycles. The van der Waals surface area contributed by atoms with Crippen LogP contribution in [0.5, 0.6) is 0 Å². The molecule has 1 fully saturated rings. The molecule has 0 radical (unpaired) electrons. The zero-order chi connectivity index (χ0) is 17.3. The number of thioether (sulfide) groups is 1. The third-order valence-corrected chi connectivity index (χ3v) is 7.27. The zero-order valence-corrected chi connectivity index (χ0v) is 15.4. The summed E-state index contributed by atoms with van der Waals surface area (Å²) in [6.45, 7) is 0. The van der Waals surface area contributed by atoms with Crippen molar-refractivity contribution in [1.29, 1.82) is 0 Å². The lowest BCUT2D eigenvalue weighted by atomic mass is 10.1. The molecule has 0 bridgehead atoms. The molecule has 132 valence electrons. The Morgan fingerprint density at radius 2 is 2.24 bits per heavy atom. The van der Waals surface area contributed by atoms with Gasteiger partial charge in [-0.25, -0.2) is 8.42 Å². The molecule has 3 aromatic rings. The van der Waals surface area contributed by atoms with Crippen LogP contribution >= 0.6 is 23.1 Å². The number of nitrogens with zero attached hydrogens (tertiary/aromatic N) is 4. The van der Waals surface area contributed by atoms with Gasteiger partial charge in [-0.1, -0.05) is 23.0 Å². The molecule has 0 saturated carbocycles. The van der Waals surface area contributed by atoms with Gasteiger partial charge in [0.25, 0.3) is 5.22 Å².